The fraction of sp³-hybridized carbons (Fsp3) is 0.458. The third kappa shape index (κ3) is 5.28. The monoisotopic (exact) mass is 470 g/mol. The molecule has 0 N–H and O–H groups in total. The number of rotatable bonds is 4. The number of halogens is 6. The van der Waals surface area contributed by atoms with E-state index >= 15 is 0 Å². The lowest BCUT2D eigenvalue weighted by Crippen LogP contribution is -2.49. The van der Waals surface area contributed by atoms with Gasteiger partial charge in [-0.3, -0.25) is 4.79 Å². The van der Waals surface area contributed by atoms with Crippen molar-refractivity contribution in [2.75, 3.05) is 31.1 Å². The van der Waals surface area contributed by atoms with E-state index < -0.39 is 23.5 Å². The molecule has 2 aromatic carbocycles. The Balaban J connectivity index is 1.31. The van der Waals surface area contributed by atoms with Gasteiger partial charge in [-0.15, -0.1) is 0 Å². The van der Waals surface area contributed by atoms with Gasteiger partial charge in [0.05, 0.1) is 11.1 Å². The number of hydrogen-bond acceptors (Lipinski definition) is 2. The van der Waals surface area contributed by atoms with E-state index in [1.54, 1.807) is 11.8 Å². The van der Waals surface area contributed by atoms with Crippen molar-refractivity contribution in [2.45, 2.75) is 32.1 Å². The molecular formula is C24H24F6N2O. The molecule has 2 unspecified atom stereocenters. The summed E-state index contributed by atoms with van der Waals surface area (Å²) >= 11 is 0. The Hall–Kier alpha value is -2.71. The predicted octanol–water partition coefficient (Wildman–Crippen LogP) is 5.56. The molecule has 2 aliphatic rings. The Morgan fingerprint density at radius 1 is 0.879 bits per heavy atom. The van der Waals surface area contributed by atoms with Gasteiger partial charge >= 0.3 is 12.4 Å². The Labute approximate surface area is 188 Å². The number of benzene rings is 2. The average Bonchev–Trinajstić information content (AvgIpc) is 3.51. The number of amides is 1. The summed E-state index contributed by atoms with van der Waals surface area (Å²) in [5, 5.41) is 0. The number of anilines is 1. The van der Waals surface area contributed by atoms with Crippen LogP contribution in [0.5, 0.6) is 0 Å². The van der Waals surface area contributed by atoms with Crippen LogP contribution >= 0.6 is 0 Å². The van der Waals surface area contributed by atoms with Crippen LogP contribution in [0.3, 0.4) is 0 Å². The van der Waals surface area contributed by atoms with Crippen molar-refractivity contribution < 1.29 is 31.1 Å². The second-order valence-corrected chi connectivity index (χ2v) is 8.81. The van der Waals surface area contributed by atoms with Gasteiger partial charge in [0.25, 0.3) is 0 Å². The first-order valence-electron chi connectivity index (χ1n) is 10.8. The topological polar surface area (TPSA) is 23.6 Å². The highest BCUT2D eigenvalue weighted by molar-refractivity contribution is 5.82. The highest BCUT2D eigenvalue weighted by Crippen LogP contribution is 2.43. The number of aryl methyl sites for hydroxylation is 1. The predicted molar refractivity (Wildman–Crippen MR) is 112 cm³/mol. The zero-order valence-corrected chi connectivity index (χ0v) is 18.0. The Morgan fingerprint density at radius 3 is 2.03 bits per heavy atom. The summed E-state index contributed by atoms with van der Waals surface area (Å²) in [7, 11) is 0. The zero-order valence-electron chi connectivity index (χ0n) is 18.0. The number of piperazine rings is 1. The molecule has 0 spiro atoms. The van der Waals surface area contributed by atoms with Crippen LogP contribution in [0.25, 0.3) is 0 Å². The minimum atomic E-state index is -4.41. The van der Waals surface area contributed by atoms with Crippen LogP contribution in [0.1, 0.15) is 28.7 Å². The van der Waals surface area contributed by atoms with Crippen LogP contribution in [0.4, 0.5) is 32.0 Å². The SMILES string of the molecule is Cc1ccc(C(F)(F)F)cc1N1CCN(C(=O)C2CC2Cc2ccc(C(F)(F)F)cc2)CC1. The van der Waals surface area contributed by atoms with Crippen LogP contribution in [0.15, 0.2) is 42.5 Å². The van der Waals surface area contributed by atoms with E-state index in [1.807, 2.05) is 4.90 Å². The van der Waals surface area contributed by atoms with Crippen molar-refractivity contribution in [2.24, 2.45) is 11.8 Å². The van der Waals surface area contributed by atoms with Crippen molar-refractivity contribution >= 4 is 11.6 Å². The number of carbonyl (C=O) groups excluding carboxylic acids is 1. The normalized spacial score (nSPS) is 21.3. The molecule has 1 aliphatic carbocycles. The van der Waals surface area contributed by atoms with Crippen LogP contribution in [0.2, 0.25) is 0 Å². The summed E-state index contributed by atoms with van der Waals surface area (Å²) < 4.78 is 77.3. The van der Waals surface area contributed by atoms with Crippen molar-refractivity contribution in [3.05, 3.63) is 64.7 Å². The van der Waals surface area contributed by atoms with Gasteiger partial charge in [0, 0.05) is 37.8 Å². The first kappa shape index (κ1) is 23.4. The van der Waals surface area contributed by atoms with Gasteiger partial charge in [-0.1, -0.05) is 18.2 Å². The summed E-state index contributed by atoms with van der Waals surface area (Å²) in [6, 6.07) is 8.73. The van der Waals surface area contributed by atoms with E-state index in [0.717, 1.165) is 35.4 Å². The minimum Gasteiger partial charge on any atom is -0.368 e. The van der Waals surface area contributed by atoms with Gasteiger partial charge in [-0.05, 0) is 61.1 Å². The Morgan fingerprint density at radius 2 is 1.45 bits per heavy atom. The highest BCUT2D eigenvalue weighted by atomic mass is 19.4. The van der Waals surface area contributed by atoms with Crippen molar-refractivity contribution in [3.8, 4) is 0 Å². The van der Waals surface area contributed by atoms with Crippen LogP contribution in [-0.2, 0) is 23.6 Å². The molecule has 0 bridgehead atoms. The lowest BCUT2D eigenvalue weighted by Gasteiger charge is -2.37. The smallest absolute Gasteiger partial charge is 0.368 e. The number of nitrogens with zero attached hydrogens (tertiary/aromatic N) is 2. The number of hydrogen-bond donors (Lipinski definition) is 0. The zero-order chi connectivity index (χ0) is 24.0. The lowest BCUT2D eigenvalue weighted by atomic mass is 10.0. The van der Waals surface area contributed by atoms with E-state index in [1.165, 1.54) is 18.2 Å². The molecule has 1 saturated carbocycles. The maximum atomic E-state index is 13.1. The van der Waals surface area contributed by atoms with Crippen molar-refractivity contribution in [3.63, 3.8) is 0 Å². The Kier molecular flexibility index (Phi) is 6.09. The standard InChI is InChI=1S/C24H24F6N2O/c1-15-2-5-19(24(28,29)30)14-21(15)31-8-10-32(11-9-31)22(33)20-13-17(20)12-16-3-6-18(7-4-16)23(25,26)27/h2-7,14,17,20H,8-13H2,1H3. The molecular weight excluding hydrogens is 446 g/mol. The largest absolute Gasteiger partial charge is 0.416 e. The average molecular weight is 470 g/mol. The van der Waals surface area contributed by atoms with E-state index in [2.05, 4.69) is 0 Å². The third-order valence-corrected chi connectivity index (χ3v) is 6.49. The fourth-order valence-corrected chi connectivity index (χ4v) is 4.44. The maximum Gasteiger partial charge on any atom is 0.416 e. The van der Waals surface area contributed by atoms with Crippen molar-refractivity contribution in [1.82, 2.24) is 4.90 Å². The molecule has 3 nitrogen and oxygen atoms in total. The van der Waals surface area contributed by atoms with Crippen LogP contribution in [-0.4, -0.2) is 37.0 Å². The van der Waals surface area contributed by atoms with Crippen LogP contribution < -0.4 is 4.90 Å². The van der Waals surface area contributed by atoms with Gasteiger partial charge in [-0.25, -0.2) is 0 Å². The van der Waals surface area contributed by atoms with Gasteiger partial charge in [0.2, 0.25) is 5.91 Å². The summed E-state index contributed by atoms with van der Waals surface area (Å²) in [6.45, 7) is 3.52. The quantitative estimate of drug-likeness (QED) is 0.547. The molecule has 2 atom stereocenters. The molecule has 4 rings (SSSR count). The van der Waals surface area contributed by atoms with Gasteiger partial charge in [0.15, 0.2) is 0 Å². The molecule has 33 heavy (non-hydrogen) atoms. The molecule has 1 heterocycles. The Bertz CT molecular complexity index is 1010. The number of alkyl halides is 6. The van der Waals surface area contributed by atoms with Crippen LogP contribution in [0, 0.1) is 18.8 Å². The molecule has 178 valence electrons. The lowest BCUT2D eigenvalue weighted by molar-refractivity contribution is -0.138. The summed E-state index contributed by atoms with van der Waals surface area (Å²) in [5.74, 6) is -0.0144. The molecule has 2 fully saturated rings. The summed E-state index contributed by atoms with van der Waals surface area (Å²) in [6.07, 6.45) is -7.52. The molecule has 1 saturated heterocycles. The number of carbonyl (C=O) groups is 1. The van der Waals surface area contributed by atoms with Gasteiger partial charge in [-0.2, -0.15) is 26.3 Å². The first-order valence-corrected chi connectivity index (χ1v) is 10.8. The molecule has 1 aliphatic heterocycles. The third-order valence-electron chi connectivity index (χ3n) is 6.49. The minimum absolute atomic E-state index is 0.0207. The van der Waals surface area contributed by atoms with Gasteiger partial charge < -0.3 is 9.80 Å². The second-order valence-electron chi connectivity index (χ2n) is 8.81. The fourth-order valence-electron chi connectivity index (χ4n) is 4.44. The summed E-state index contributed by atoms with van der Waals surface area (Å²) in [5.41, 5.74) is 0.674. The van der Waals surface area contributed by atoms with E-state index in [-0.39, 0.29) is 17.7 Å². The van der Waals surface area contributed by atoms with E-state index in [4.69, 9.17) is 0 Å². The molecule has 2 aromatic rings. The van der Waals surface area contributed by atoms with E-state index in [9.17, 15) is 31.1 Å². The molecule has 1 amide bonds. The molecule has 0 aromatic heterocycles. The van der Waals surface area contributed by atoms with Crippen molar-refractivity contribution in [1.29, 1.82) is 0 Å². The van der Waals surface area contributed by atoms with Gasteiger partial charge in [0.1, 0.15) is 0 Å². The second kappa shape index (κ2) is 8.57. The first-order chi connectivity index (χ1) is 15.4. The van der Waals surface area contributed by atoms with E-state index in [0.29, 0.717) is 44.7 Å². The maximum absolute atomic E-state index is 13.1. The highest BCUT2D eigenvalue weighted by Gasteiger charge is 2.45. The summed E-state index contributed by atoms with van der Waals surface area (Å²) in [4.78, 5) is 16.5. The molecule has 0 radical (unpaired) electrons. The molecule has 9 heteroatoms.